The predicted octanol–water partition coefficient (Wildman–Crippen LogP) is 2.41. The van der Waals surface area contributed by atoms with Crippen LogP contribution in [0.15, 0.2) is 24.3 Å². The van der Waals surface area contributed by atoms with Crippen molar-refractivity contribution in [3.63, 3.8) is 0 Å². The highest BCUT2D eigenvalue weighted by Crippen LogP contribution is 2.17. The molecule has 0 saturated heterocycles. The van der Waals surface area contributed by atoms with Crippen LogP contribution in [0.2, 0.25) is 0 Å². The molecule has 0 aliphatic heterocycles. The van der Waals surface area contributed by atoms with Crippen LogP contribution in [0.4, 0.5) is 0 Å². The van der Waals surface area contributed by atoms with Crippen LogP contribution in [0.5, 0.6) is 11.5 Å². The predicted molar refractivity (Wildman–Crippen MR) is 60.2 cm³/mol. The van der Waals surface area contributed by atoms with Gasteiger partial charge in [-0.05, 0) is 12.1 Å². The number of rotatable bonds is 2. The molecule has 86 valence electrons. The molecule has 0 unspecified atom stereocenters. The number of benzene rings is 1. The van der Waals surface area contributed by atoms with Crippen LogP contribution in [0, 0.1) is 0 Å². The molecule has 0 heterocycles. The van der Waals surface area contributed by atoms with Gasteiger partial charge in [0.15, 0.2) is 0 Å². The highest BCUT2D eigenvalue weighted by Gasteiger charge is 1.91. The van der Waals surface area contributed by atoms with Crippen molar-refractivity contribution in [3.8, 4) is 11.5 Å². The van der Waals surface area contributed by atoms with E-state index in [0.29, 0.717) is 0 Å². The summed E-state index contributed by atoms with van der Waals surface area (Å²) in [6, 6.07) is 7.47. The summed E-state index contributed by atoms with van der Waals surface area (Å²) in [5.74, 6) is 1.64. The van der Waals surface area contributed by atoms with Crippen LogP contribution in [0.25, 0.3) is 0 Å². The van der Waals surface area contributed by atoms with Gasteiger partial charge in [-0.25, -0.2) is 0 Å². The van der Waals surface area contributed by atoms with Gasteiger partial charge in [-0.3, -0.25) is 0 Å². The molecule has 0 aliphatic carbocycles. The fourth-order valence-corrected chi connectivity index (χ4v) is 0.728. The van der Waals surface area contributed by atoms with E-state index in [1.807, 2.05) is 24.3 Å². The smallest absolute Gasteiger partial charge is 0.317 e. The molecule has 0 amide bonds. The Morgan fingerprint density at radius 3 is 1.67 bits per heavy atom. The lowest BCUT2D eigenvalue weighted by Crippen LogP contribution is -1.84. The number of hydrogen-bond donors (Lipinski definition) is 0. The Morgan fingerprint density at radius 1 is 1.07 bits per heavy atom. The topological polar surface area (TPSA) is 52.6 Å². The van der Waals surface area contributed by atoms with E-state index in [0.717, 1.165) is 11.5 Å². The fraction of sp³-hybridized carbons (Fsp3) is 0.250. The molecular weight excluding hydrogens is 263 g/mol. The SMILES string of the molecule is COc1cccc(OC)c1.O=S(=O)(Cl)Cl. The van der Waals surface area contributed by atoms with E-state index in [9.17, 15) is 0 Å². The second-order valence-corrected chi connectivity index (χ2v) is 5.93. The summed E-state index contributed by atoms with van der Waals surface area (Å²) >= 11 is 0. The molecule has 1 aromatic rings. The fourth-order valence-electron chi connectivity index (χ4n) is 0.728. The van der Waals surface area contributed by atoms with Crippen molar-refractivity contribution in [1.82, 2.24) is 0 Å². The van der Waals surface area contributed by atoms with Crippen molar-refractivity contribution in [2.75, 3.05) is 14.2 Å². The van der Waals surface area contributed by atoms with E-state index in [1.54, 1.807) is 14.2 Å². The standard InChI is InChI=1S/C8H10O2.Cl2O2S/c1-9-7-4-3-5-8(6-7)10-2;1-5(2,3)4/h3-6H,1-2H3;. The van der Waals surface area contributed by atoms with Gasteiger partial charge in [0.1, 0.15) is 11.5 Å². The molecule has 0 aromatic heterocycles. The Labute approximate surface area is 97.6 Å². The van der Waals surface area contributed by atoms with Crippen molar-refractivity contribution in [3.05, 3.63) is 24.3 Å². The molecule has 15 heavy (non-hydrogen) atoms. The lowest BCUT2D eigenvalue weighted by molar-refractivity contribution is 0.394. The summed E-state index contributed by atoms with van der Waals surface area (Å²) in [5.41, 5.74) is 0. The van der Waals surface area contributed by atoms with Crippen LogP contribution in [0.3, 0.4) is 0 Å². The van der Waals surface area contributed by atoms with E-state index >= 15 is 0 Å². The summed E-state index contributed by atoms with van der Waals surface area (Å²) in [4.78, 5) is 0. The van der Waals surface area contributed by atoms with Crippen LogP contribution in [-0.4, -0.2) is 22.6 Å². The lowest BCUT2D eigenvalue weighted by atomic mass is 10.3. The maximum Gasteiger partial charge on any atom is 0.317 e. The van der Waals surface area contributed by atoms with Gasteiger partial charge in [0.25, 0.3) is 0 Å². The van der Waals surface area contributed by atoms with Crippen molar-refractivity contribution in [2.45, 2.75) is 0 Å². The summed E-state index contributed by atoms with van der Waals surface area (Å²) in [6.07, 6.45) is 0. The first-order valence-corrected chi connectivity index (χ1v) is 6.82. The van der Waals surface area contributed by atoms with Crippen molar-refractivity contribution >= 4 is 29.6 Å². The van der Waals surface area contributed by atoms with E-state index < -0.39 is 8.26 Å². The molecule has 1 rings (SSSR count). The molecule has 0 spiro atoms. The second-order valence-electron chi connectivity index (χ2n) is 2.26. The second kappa shape index (κ2) is 6.76. The van der Waals surface area contributed by atoms with Crippen molar-refractivity contribution in [1.29, 1.82) is 0 Å². The minimum absolute atomic E-state index is 0.819. The van der Waals surface area contributed by atoms with Gasteiger partial charge < -0.3 is 9.47 Å². The molecule has 0 fully saturated rings. The van der Waals surface area contributed by atoms with E-state index in [2.05, 4.69) is 21.4 Å². The van der Waals surface area contributed by atoms with Crippen molar-refractivity contribution in [2.24, 2.45) is 0 Å². The number of halogens is 2. The zero-order chi connectivity index (χ0) is 11.9. The minimum atomic E-state index is -3.72. The van der Waals surface area contributed by atoms with Gasteiger partial charge >= 0.3 is 8.26 Å². The normalized spacial score (nSPS) is 9.87. The quantitative estimate of drug-likeness (QED) is 0.776. The maximum atomic E-state index is 9.16. The Kier molecular flexibility index (Phi) is 6.47. The van der Waals surface area contributed by atoms with E-state index in [4.69, 9.17) is 17.9 Å². The van der Waals surface area contributed by atoms with Gasteiger partial charge in [0.2, 0.25) is 0 Å². The van der Waals surface area contributed by atoms with E-state index in [-0.39, 0.29) is 0 Å². The Bertz CT molecular complexity index is 364. The van der Waals surface area contributed by atoms with E-state index in [1.165, 1.54) is 0 Å². The zero-order valence-corrected chi connectivity index (χ0v) is 10.4. The van der Waals surface area contributed by atoms with Crippen LogP contribution >= 0.6 is 21.4 Å². The third-order valence-corrected chi connectivity index (χ3v) is 1.28. The molecule has 0 bridgehead atoms. The summed E-state index contributed by atoms with van der Waals surface area (Å²) in [5, 5.41) is 0. The average Bonchev–Trinajstić information content (AvgIpc) is 2.15. The third-order valence-electron chi connectivity index (χ3n) is 1.28. The first kappa shape index (κ1) is 14.3. The first-order valence-electron chi connectivity index (χ1n) is 3.69. The Hall–Kier alpha value is -0.650. The van der Waals surface area contributed by atoms with Gasteiger partial charge in [0, 0.05) is 27.4 Å². The molecule has 0 saturated carbocycles. The molecule has 0 N–H and O–H groups in total. The summed E-state index contributed by atoms with van der Waals surface area (Å²) in [6.45, 7) is 0. The Morgan fingerprint density at radius 2 is 1.40 bits per heavy atom. The van der Waals surface area contributed by atoms with Crippen LogP contribution < -0.4 is 9.47 Å². The Balaban J connectivity index is 0.000000336. The molecule has 4 nitrogen and oxygen atoms in total. The maximum absolute atomic E-state index is 9.16. The molecule has 0 aliphatic rings. The third kappa shape index (κ3) is 9.65. The highest BCUT2D eigenvalue weighted by molar-refractivity contribution is 8.31. The van der Waals surface area contributed by atoms with Gasteiger partial charge in [-0.2, -0.15) is 8.42 Å². The van der Waals surface area contributed by atoms with Gasteiger partial charge in [0.05, 0.1) is 14.2 Å². The van der Waals surface area contributed by atoms with Crippen LogP contribution in [-0.2, 0) is 8.26 Å². The lowest BCUT2D eigenvalue weighted by Gasteiger charge is -2.01. The molecule has 0 atom stereocenters. The van der Waals surface area contributed by atoms with Gasteiger partial charge in [-0.15, -0.1) is 0 Å². The van der Waals surface area contributed by atoms with Gasteiger partial charge in [-0.1, -0.05) is 6.07 Å². The van der Waals surface area contributed by atoms with Crippen LogP contribution in [0.1, 0.15) is 0 Å². The number of hydrogen-bond acceptors (Lipinski definition) is 4. The number of methoxy groups -OCH3 is 2. The monoisotopic (exact) mass is 272 g/mol. The largest absolute Gasteiger partial charge is 0.497 e. The summed E-state index contributed by atoms with van der Waals surface area (Å²) < 4.78 is 28.3. The molecule has 1 aromatic carbocycles. The summed E-state index contributed by atoms with van der Waals surface area (Å²) in [7, 11) is 8.08. The minimum Gasteiger partial charge on any atom is -0.497 e. The molecular formula is C8H10Cl2O4S. The molecule has 7 heteroatoms. The zero-order valence-electron chi connectivity index (χ0n) is 8.11. The highest BCUT2D eigenvalue weighted by atomic mass is 36.0. The average molecular weight is 273 g/mol. The first-order chi connectivity index (χ1) is 6.86. The van der Waals surface area contributed by atoms with Crippen molar-refractivity contribution < 1.29 is 17.9 Å². The molecule has 0 radical (unpaired) electrons. The number of ether oxygens (including phenoxy) is 2.